The smallest absolute Gasteiger partial charge is 0.327 e. The minimum absolute atomic E-state index is 0.107. The summed E-state index contributed by atoms with van der Waals surface area (Å²) in [5.41, 5.74) is 0.241. The van der Waals surface area contributed by atoms with E-state index < -0.39 is 48.6 Å². The first-order chi connectivity index (χ1) is 16.6. The van der Waals surface area contributed by atoms with Gasteiger partial charge in [-0.15, -0.1) is 0 Å². The van der Waals surface area contributed by atoms with Crippen molar-refractivity contribution in [2.75, 3.05) is 18.5 Å². The first-order valence-corrected chi connectivity index (χ1v) is 11.4. The van der Waals surface area contributed by atoms with Crippen LogP contribution >= 0.6 is 11.6 Å². The molecule has 4 heterocycles. The van der Waals surface area contributed by atoms with E-state index in [2.05, 4.69) is 20.3 Å². The number of halogens is 4. The molecule has 0 amide bonds. The predicted molar refractivity (Wildman–Crippen MR) is 120 cm³/mol. The highest BCUT2D eigenvalue weighted by Gasteiger charge is 2.43. The number of nitrogens with one attached hydrogen (secondary N) is 1. The van der Waals surface area contributed by atoms with Gasteiger partial charge in [0.25, 0.3) is 0 Å². The zero-order chi connectivity index (χ0) is 25.1. The number of hydrogen-bond donors (Lipinski definition) is 3. The van der Waals surface area contributed by atoms with E-state index in [4.69, 9.17) is 26.2 Å². The second kappa shape index (κ2) is 8.86. The highest BCUT2D eigenvalue weighted by Crippen LogP contribution is 2.37. The monoisotopic (exact) mass is 513 g/mol. The maximum Gasteiger partial charge on any atom is 0.327 e. The third kappa shape index (κ3) is 4.23. The second-order valence-electron chi connectivity index (χ2n) is 8.91. The molecule has 2 aliphatic rings. The van der Waals surface area contributed by atoms with Gasteiger partial charge < -0.3 is 29.6 Å². The summed E-state index contributed by atoms with van der Waals surface area (Å²) in [7, 11) is 0. The SMILES string of the molecule is CC(C)n1c(C(F)(F)CO)nc2c(F)cc(-c3nc(N[C@@H]4C[C@H]5CO[C@H](O5)[C@H]4O)ncc3Cl)cc21. The molecule has 2 aromatic heterocycles. The maximum atomic E-state index is 15.1. The van der Waals surface area contributed by atoms with Crippen LogP contribution in [0.3, 0.4) is 0 Å². The van der Waals surface area contributed by atoms with Gasteiger partial charge in [-0.2, -0.15) is 8.78 Å². The van der Waals surface area contributed by atoms with E-state index in [0.717, 1.165) is 6.07 Å². The van der Waals surface area contributed by atoms with Gasteiger partial charge in [0, 0.05) is 11.6 Å². The average molecular weight is 514 g/mol. The number of aromatic nitrogens is 4. The molecule has 9 nitrogen and oxygen atoms in total. The van der Waals surface area contributed by atoms with Crippen molar-refractivity contribution in [2.24, 2.45) is 0 Å². The molecule has 0 aliphatic carbocycles. The number of aliphatic hydroxyl groups is 2. The Morgan fingerprint density at radius 3 is 2.80 bits per heavy atom. The van der Waals surface area contributed by atoms with Gasteiger partial charge in [-0.1, -0.05) is 11.6 Å². The van der Waals surface area contributed by atoms with Crippen molar-refractivity contribution in [3.05, 3.63) is 35.0 Å². The Hall–Kier alpha value is -2.51. The number of hydrogen-bond acceptors (Lipinski definition) is 8. The number of alkyl halides is 2. The van der Waals surface area contributed by atoms with Gasteiger partial charge in [0.2, 0.25) is 5.95 Å². The Bertz CT molecular complexity index is 1270. The molecule has 13 heteroatoms. The van der Waals surface area contributed by atoms with E-state index in [1.165, 1.54) is 16.8 Å². The average Bonchev–Trinajstić information content (AvgIpc) is 3.41. The van der Waals surface area contributed by atoms with Gasteiger partial charge in [0.15, 0.2) is 17.9 Å². The molecule has 0 spiro atoms. The third-order valence-electron chi connectivity index (χ3n) is 6.10. The predicted octanol–water partition coefficient (Wildman–Crippen LogP) is 3.24. The van der Waals surface area contributed by atoms with E-state index in [1.807, 2.05) is 0 Å². The highest BCUT2D eigenvalue weighted by molar-refractivity contribution is 6.33. The number of anilines is 1. The summed E-state index contributed by atoms with van der Waals surface area (Å²) >= 11 is 6.32. The molecule has 3 aromatic rings. The number of imidazole rings is 1. The summed E-state index contributed by atoms with van der Waals surface area (Å²) in [5, 5.41) is 22.8. The number of fused-ring (bicyclic) bond motifs is 3. The minimum atomic E-state index is -3.66. The lowest BCUT2D eigenvalue weighted by Gasteiger charge is -2.32. The molecule has 0 radical (unpaired) electrons. The van der Waals surface area contributed by atoms with E-state index in [-0.39, 0.29) is 39.4 Å². The molecule has 2 saturated heterocycles. The summed E-state index contributed by atoms with van der Waals surface area (Å²) in [6, 6.07) is 1.63. The van der Waals surface area contributed by atoms with Crippen LogP contribution in [0.2, 0.25) is 5.02 Å². The van der Waals surface area contributed by atoms with Crippen LogP contribution in [0.4, 0.5) is 19.1 Å². The molecule has 2 bridgehead atoms. The van der Waals surface area contributed by atoms with Gasteiger partial charge in [0.1, 0.15) is 18.2 Å². The van der Waals surface area contributed by atoms with Crippen molar-refractivity contribution < 1.29 is 32.9 Å². The van der Waals surface area contributed by atoms with Crippen molar-refractivity contribution in [2.45, 2.75) is 56.8 Å². The summed E-state index contributed by atoms with van der Waals surface area (Å²) < 4.78 is 55.9. The van der Waals surface area contributed by atoms with Crippen LogP contribution in [0.1, 0.15) is 32.1 Å². The van der Waals surface area contributed by atoms with Crippen molar-refractivity contribution in [3.63, 3.8) is 0 Å². The molecule has 0 saturated carbocycles. The molecule has 2 fully saturated rings. The Kier molecular flexibility index (Phi) is 6.12. The van der Waals surface area contributed by atoms with Gasteiger partial charge in [0.05, 0.1) is 41.2 Å². The summed E-state index contributed by atoms with van der Waals surface area (Å²) in [5.74, 6) is -5.10. The maximum absolute atomic E-state index is 15.1. The molecule has 3 N–H and O–H groups in total. The van der Waals surface area contributed by atoms with Gasteiger partial charge in [-0.3, -0.25) is 0 Å². The van der Waals surface area contributed by atoms with Crippen LogP contribution < -0.4 is 5.32 Å². The van der Waals surface area contributed by atoms with Crippen LogP contribution in [-0.2, 0) is 15.4 Å². The zero-order valence-electron chi connectivity index (χ0n) is 18.8. The van der Waals surface area contributed by atoms with E-state index in [0.29, 0.717) is 13.0 Å². The van der Waals surface area contributed by atoms with E-state index in [1.54, 1.807) is 13.8 Å². The highest BCUT2D eigenvalue weighted by atomic mass is 35.5. The van der Waals surface area contributed by atoms with E-state index >= 15 is 4.39 Å². The Labute approximate surface area is 202 Å². The number of benzene rings is 1. The zero-order valence-corrected chi connectivity index (χ0v) is 19.5. The molecule has 0 unspecified atom stereocenters. The summed E-state index contributed by atoms with van der Waals surface area (Å²) in [6.45, 7) is 2.22. The first-order valence-electron chi connectivity index (χ1n) is 11.0. The molecule has 5 rings (SSSR count). The number of nitrogens with zero attached hydrogens (tertiary/aromatic N) is 4. The summed E-state index contributed by atoms with van der Waals surface area (Å²) in [4.78, 5) is 12.4. The topological polar surface area (TPSA) is 115 Å². The third-order valence-corrected chi connectivity index (χ3v) is 6.38. The molecular formula is C22H23ClF3N5O4. The Balaban J connectivity index is 1.55. The van der Waals surface area contributed by atoms with Crippen LogP contribution in [0.25, 0.3) is 22.3 Å². The molecule has 1 aromatic carbocycles. The van der Waals surface area contributed by atoms with Gasteiger partial charge in [-0.25, -0.2) is 19.3 Å². The quantitative estimate of drug-likeness (QED) is 0.460. The minimum Gasteiger partial charge on any atom is -0.390 e. The Morgan fingerprint density at radius 1 is 1.31 bits per heavy atom. The molecule has 4 atom stereocenters. The second-order valence-corrected chi connectivity index (χ2v) is 9.32. The van der Waals surface area contributed by atoms with Crippen molar-refractivity contribution >= 4 is 28.6 Å². The fraction of sp³-hybridized carbons (Fsp3) is 0.500. The first kappa shape index (κ1) is 24.2. The standard InChI is InChI=1S/C22H23ClF3N5O4/c1-9(2)31-15-4-10(3-13(24)17(15)29-20(31)22(25,26)8-32)16-12(23)6-27-21(30-16)28-14-5-11-7-34-19(35-11)18(14)33/h3-4,6,9,11,14,18-19,32-33H,5,7-8H2,1-2H3,(H,27,28,30)/t11-,14+,18-,19+/m0/s1. The fourth-order valence-corrected chi connectivity index (χ4v) is 4.68. The Morgan fingerprint density at radius 2 is 2.09 bits per heavy atom. The van der Waals surface area contributed by atoms with Crippen LogP contribution in [0.5, 0.6) is 0 Å². The number of aliphatic hydroxyl groups excluding tert-OH is 2. The molecule has 2 aliphatic heterocycles. The van der Waals surface area contributed by atoms with E-state index in [9.17, 15) is 13.9 Å². The normalized spacial score (nSPS) is 24.5. The van der Waals surface area contributed by atoms with Gasteiger partial charge in [-0.05, 0) is 32.4 Å². The molecule has 35 heavy (non-hydrogen) atoms. The number of ether oxygens (including phenoxy) is 2. The van der Waals surface area contributed by atoms with Gasteiger partial charge >= 0.3 is 5.92 Å². The van der Waals surface area contributed by atoms with Crippen LogP contribution in [0, 0.1) is 5.82 Å². The summed E-state index contributed by atoms with van der Waals surface area (Å²) in [6.07, 6.45) is -0.0494. The lowest BCUT2D eigenvalue weighted by Crippen LogP contribution is -2.48. The molecular weight excluding hydrogens is 491 g/mol. The van der Waals surface area contributed by atoms with Crippen molar-refractivity contribution in [1.29, 1.82) is 0 Å². The van der Waals surface area contributed by atoms with Crippen LogP contribution in [0.15, 0.2) is 18.3 Å². The van der Waals surface area contributed by atoms with Crippen LogP contribution in [-0.4, -0.2) is 67.5 Å². The molecule has 188 valence electrons. The van der Waals surface area contributed by atoms with Crippen molar-refractivity contribution in [3.8, 4) is 11.3 Å². The lowest BCUT2D eigenvalue weighted by molar-refractivity contribution is -0.156. The number of rotatable bonds is 6. The van der Waals surface area contributed by atoms with Crippen molar-refractivity contribution in [1.82, 2.24) is 19.5 Å². The fourth-order valence-electron chi connectivity index (χ4n) is 4.48. The lowest BCUT2D eigenvalue weighted by atomic mass is 10.0. The largest absolute Gasteiger partial charge is 0.390 e.